The quantitative estimate of drug-likeness (QED) is 0.490. The van der Waals surface area contributed by atoms with E-state index in [0.717, 1.165) is 17.4 Å². The minimum atomic E-state index is -3.55. The Morgan fingerprint density at radius 2 is 1.91 bits per heavy atom. The zero-order chi connectivity index (χ0) is 24.1. The molecule has 0 fully saturated rings. The second-order valence-corrected chi connectivity index (χ2v) is 9.83. The Kier molecular flexibility index (Phi) is 7.01. The summed E-state index contributed by atoms with van der Waals surface area (Å²) in [7, 11) is -3.55. The summed E-state index contributed by atoms with van der Waals surface area (Å²) in [5.74, 6) is 1.58. The van der Waals surface area contributed by atoms with Gasteiger partial charge in [-0.25, -0.2) is 8.42 Å². The van der Waals surface area contributed by atoms with E-state index in [1.807, 2.05) is 31.2 Å². The molecule has 0 saturated carbocycles. The van der Waals surface area contributed by atoms with E-state index in [1.54, 1.807) is 18.2 Å². The minimum Gasteiger partial charge on any atom is -0.486 e. The van der Waals surface area contributed by atoms with Gasteiger partial charge in [0.2, 0.25) is 27.6 Å². The summed E-state index contributed by atoms with van der Waals surface area (Å²) < 4.78 is 42.2. The van der Waals surface area contributed by atoms with Crippen LogP contribution in [-0.4, -0.2) is 50.5 Å². The van der Waals surface area contributed by atoms with Gasteiger partial charge in [0.05, 0.1) is 18.5 Å². The third kappa shape index (κ3) is 5.84. The fraction of sp³-hybridized carbons (Fsp3) is 0.348. The first kappa shape index (κ1) is 23.6. The number of carbonyl (C=O) groups excluding carboxylic acids is 1. The lowest BCUT2D eigenvalue weighted by Gasteiger charge is -2.25. The van der Waals surface area contributed by atoms with Crippen molar-refractivity contribution in [2.45, 2.75) is 26.3 Å². The number of ether oxygens (including phenoxy) is 2. The van der Waals surface area contributed by atoms with Crippen molar-refractivity contribution in [2.24, 2.45) is 0 Å². The molecule has 10 nitrogen and oxygen atoms in total. The van der Waals surface area contributed by atoms with Crippen molar-refractivity contribution in [1.82, 2.24) is 15.5 Å². The Morgan fingerprint density at radius 3 is 2.68 bits per heavy atom. The van der Waals surface area contributed by atoms with Crippen LogP contribution >= 0.6 is 0 Å². The summed E-state index contributed by atoms with van der Waals surface area (Å²) in [5, 5.41) is 6.68. The van der Waals surface area contributed by atoms with Crippen LogP contribution in [0.25, 0.3) is 11.4 Å². The molecule has 4 rings (SSSR count). The van der Waals surface area contributed by atoms with E-state index < -0.39 is 10.0 Å². The van der Waals surface area contributed by atoms with E-state index in [2.05, 4.69) is 15.5 Å². The molecule has 0 unspecified atom stereocenters. The van der Waals surface area contributed by atoms with Gasteiger partial charge < -0.3 is 19.3 Å². The fourth-order valence-corrected chi connectivity index (χ4v) is 4.50. The molecule has 180 valence electrons. The average Bonchev–Trinajstić information content (AvgIpc) is 3.29. The van der Waals surface area contributed by atoms with Crippen molar-refractivity contribution in [3.63, 3.8) is 0 Å². The second kappa shape index (κ2) is 10.1. The molecule has 1 aliphatic heterocycles. The highest BCUT2D eigenvalue weighted by Gasteiger charge is 2.21. The van der Waals surface area contributed by atoms with Crippen LogP contribution in [0.4, 0.5) is 5.69 Å². The molecule has 0 bridgehead atoms. The van der Waals surface area contributed by atoms with Crippen LogP contribution in [0.15, 0.2) is 47.0 Å². The van der Waals surface area contributed by atoms with Crippen molar-refractivity contribution in [1.29, 1.82) is 0 Å². The Labute approximate surface area is 197 Å². The zero-order valence-electron chi connectivity index (χ0n) is 19.0. The maximum Gasteiger partial charge on any atom is 0.246 e. The lowest BCUT2D eigenvalue weighted by atomic mass is 10.1. The molecule has 11 heteroatoms. The number of hydrogen-bond acceptors (Lipinski definition) is 8. The maximum absolute atomic E-state index is 12.4. The van der Waals surface area contributed by atoms with Gasteiger partial charge in [-0.05, 0) is 31.5 Å². The zero-order valence-corrected chi connectivity index (χ0v) is 19.8. The normalized spacial score (nSPS) is 12.9. The Hall–Kier alpha value is -3.60. The Balaban J connectivity index is 1.30. The van der Waals surface area contributed by atoms with E-state index >= 15 is 0 Å². The number of fused-ring (bicyclic) bond motifs is 1. The lowest BCUT2D eigenvalue weighted by Crippen LogP contribution is -2.32. The van der Waals surface area contributed by atoms with Gasteiger partial charge >= 0.3 is 0 Å². The van der Waals surface area contributed by atoms with Crippen LogP contribution in [0.1, 0.15) is 24.3 Å². The van der Waals surface area contributed by atoms with E-state index in [-0.39, 0.29) is 25.4 Å². The van der Waals surface area contributed by atoms with Crippen molar-refractivity contribution in [3.05, 3.63) is 53.9 Å². The first-order valence-corrected chi connectivity index (χ1v) is 12.7. The second-order valence-electron chi connectivity index (χ2n) is 7.92. The third-order valence-electron chi connectivity index (χ3n) is 5.16. The van der Waals surface area contributed by atoms with Gasteiger partial charge in [0.1, 0.15) is 13.2 Å². The summed E-state index contributed by atoms with van der Waals surface area (Å²) in [6.07, 6.45) is 1.59. The molecule has 0 spiro atoms. The van der Waals surface area contributed by atoms with Crippen LogP contribution in [0, 0.1) is 6.92 Å². The number of nitrogens with one attached hydrogen (secondary N) is 1. The molecule has 0 atom stereocenters. The molecule has 3 aromatic rings. The molecule has 2 aromatic carbocycles. The Bertz CT molecular complexity index is 1270. The Morgan fingerprint density at radius 1 is 1.12 bits per heavy atom. The number of anilines is 1. The predicted molar refractivity (Wildman–Crippen MR) is 125 cm³/mol. The van der Waals surface area contributed by atoms with E-state index in [4.69, 9.17) is 14.0 Å². The summed E-state index contributed by atoms with van der Waals surface area (Å²) in [6, 6.07) is 12.7. The first-order valence-electron chi connectivity index (χ1n) is 10.8. The van der Waals surface area contributed by atoms with Crippen molar-refractivity contribution >= 4 is 21.6 Å². The van der Waals surface area contributed by atoms with E-state index in [9.17, 15) is 13.2 Å². The highest BCUT2D eigenvalue weighted by atomic mass is 32.2. The average molecular weight is 487 g/mol. The van der Waals surface area contributed by atoms with Gasteiger partial charge in [0, 0.05) is 24.6 Å². The van der Waals surface area contributed by atoms with Crippen LogP contribution < -0.4 is 19.1 Å². The maximum atomic E-state index is 12.4. The molecule has 2 heterocycles. The molecule has 34 heavy (non-hydrogen) atoms. The van der Waals surface area contributed by atoms with Crippen LogP contribution in [0.3, 0.4) is 0 Å². The predicted octanol–water partition coefficient (Wildman–Crippen LogP) is 2.68. The molecule has 1 amide bonds. The lowest BCUT2D eigenvalue weighted by molar-refractivity contribution is -0.121. The largest absolute Gasteiger partial charge is 0.486 e. The molecule has 1 aromatic heterocycles. The molecule has 0 radical (unpaired) electrons. The van der Waals surface area contributed by atoms with Crippen molar-refractivity contribution < 1.29 is 27.2 Å². The molecule has 1 N–H and O–H groups in total. The molecule has 0 saturated heterocycles. The highest BCUT2D eigenvalue weighted by Crippen LogP contribution is 2.34. The van der Waals surface area contributed by atoms with Crippen LogP contribution in [0.5, 0.6) is 11.5 Å². The third-order valence-corrected chi connectivity index (χ3v) is 6.35. The number of nitrogens with zero attached hydrogens (tertiary/aromatic N) is 3. The van der Waals surface area contributed by atoms with E-state index in [1.165, 1.54) is 4.31 Å². The summed E-state index contributed by atoms with van der Waals surface area (Å²) in [5.41, 5.74) is 2.37. The van der Waals surface area contributed by atoms with Gasteiger partial charge in [-0.15, -0.1) is 0 Å². The standard InChI is InChI=1S/C23H26N4O6S/c1-16-5-3-6-17(13-16)23-25-22(33-26-23)15-24-21(28)7-4-10-27(34(2,29)30)18-8-9-19-20(14-18)32-12-11-31-19/h3,5-6,8-9,13-14H,4,7,10-12,15H2,1-2H3,(H,24,28). The van der Waals surface area contributed by atoms with Crippen LogP contribution in [-0.2, 0) is 21.4 Å². The van der Waals surface area contributed by atoms with Gasteiger partial charge in [0.25, 0.3) is 0 Å². The van der Waals surface area contributed by atoms with Gasteiger partial charge in [-0.3, -0.25) is 9.10 Å². The first-order chi connectivity index (χ1) is 16.3. The van der Waals surface area contributed by atoms with Gasteiger partial charge in [0.15, 0.2) is 11.5 Å². The number of amides is 1. The van der Waals surface area contributed by atoms with E-state index in [0.29, 0.717) is 48.5 Å². The van der Waals surface area contributed by atoms with Crippen molar-refractivity contribution in [2.75, 3.05) is 30.3 Å². The number of hydrogen-bond donors (Lipinski definition) is 1. The monoisotopic (exact) mass is 486 g/mol. The molecular formula is C23H26N4O6S. The minimum absolute atomic E-state index is 0.0929. The molecular weight excluding hydrogens is 460 g/mol. The number of rotatable bonds is 9. The topological polar surface area (TPSA) is 124 Å². The number of benzene rings is 2. The summed E-state index contributed by atoms with van der Waals surface area (Å²) in [4.78, 5) is 16.6. The van der Waals surface area contributed by atoms with Crippen LogP contribution in [0.2, 0.25) is 0 Å². The molecule has 1 aliphatic rings. The number of aryl methyl sites for hydroxylation is 1. The van der Waals surface area contributed by atoms with Gasteiger partial charge in [-0.1, -0.05) is 28.9 Å². The smallest absolute Gasteiger partial charge is 0.246 e. The molecule has 0 aliphatic carbocycles. The number of carbonyl (C=O) groups is 1. The van der Waals surface area contributed by atoms with Gasteiger partial charge in [-0.2, -0.15) is 4.98 Å². The fourth-order valence-electron chi connectivity index (χ4n) is 3.55. The number of aromatic nitrogens is 2. The van der Waals surface area contributed by atoms with Crippen molar-refractivity contribution in [3.8, 4) is 22.9 Å². The highest BCUT2D eigenvalue weighted by molar-refractivity contribution is 7.92. The summed E-state index contributed by atoms with van der Waals surface area (Å²) in [6.45, 7) is 3.07. The SMILES string of the molecule is Cc1cccc(-c2noc(CNC(=O)CCCN(c3ccc4c(c3)OCCO4)S(C)(=O)=O)n2)c1. The number of sulfonamides is 1. The summed E-state index contributed by atoms with van der Waals surface area (Å²) >= 11 is 0.